The molecule has 2 heterocycles. The number of nitrogens with one attached hydrogen (secondary N) is 1. The van der Waals surface area contributed by atoms with Crippen LogP contribution in [-0.4, -0.2) is 50.9 Å². The van der Waals surface area contributed by atoms with Gasteiger partial charge in [-0.15, -0.1) is 0 Å². The van der Waals surface area contributed by atoms with Gasteiger partial charge in [-0.2, -0.15) is 0 Å². The first-order valence-electron chi connectivity index (χ1n) is 13.1. The monoisotopic (exact) mass is 591 g/mol. The molecule has 5 rings (SSSR count). The maximum atomic E-state index is 13.7. The minimum absolute atomic E-state index is 0.222. The van der Waals surface area contributed by atoms with Gasteiger partial charge in [0.05, 0.1) is 23.0 Å². The Bertz CT molecular complexity index is 1970. The lowest BCUT2D eigenvalue weighted by atomic mass is 9.97. The Morgan fingerprint density at radius 3 is 2.29 bits per heavy atom. The zero-order valence-corrected chi connectivity index (χ0v) is 24.8. The molecule has 1 N–H and O–H groups in total. The van der Waals surface area contributed by atoms with Crippen LogP contribution in [0.1, 0.15) is 31.1 Å². The fourth-order valence-corrected chi connectivity index (χ4v) is 5.25. The zero-order chi connectivity index (χ0) is 30.6. The predicted octanol–water partition coefficient (Wildman–Crippen LogP) is 6.40. The fraction of sp³-hybridized carbons (Fsp3) is 0.226. The average Bonchev–Trinajstić information content (AvgIpc) is 3.51. The molecule has 0 radical (unpaired) electrons. The molecule has 1 amide bonds. The van der Waals surface area contributed by atoms with Crippen LogP contribution in [0.3, 0.4) is 0 Å². The van der Waals surface area contributed by atoms with E-state index in [1.807, 2.05) is 6.07 Å². The number of sulfonamides is 1. The van der Waals surface area contributed by atoms with Gasteiger partial charge in [0.2, 0.25) is 10.0 Å². The van der Waals surface area contributed by atoms with E-state index in [-0.39, 0.29) is 16.9 Å². The molecule has 0 aliphatic rings. The van der Waals surface area contributed by atoms with Crippen LogP contribution in [0.2, 0.25) is 0 Å². The van der Waals surface area contributed by atoms with E-state index < -0.39 is 33.4 Å². The van der Waals surface area contributed by atoms with Crippen LogP contribution in [0.15, 0.2) is 71.3 Å². The summed E-state index contributed by atoms with van der Waals surface area (Å²) < 4.78 is 53.2. The molecular weight excluding hydrogens is 561 g/mol. The number of nitrogens with zero attached hydrogens (tertiary/aromatic N) is 2. The third-order valence-corrected chi connectivity index (χ3v) is 7.99. The highest BCUT2D eigenvalue weighted by Crippen LogP contribution is 2.42. The smallest absolute Gasteiger partial charge is 0.418 e. The molecular formula is C31H30FN3O6S. The molecule has 2 aromatic heterocycles. The first-order valence-corrected chi connectivity index (χ1v) is 14.9. The van der Waals surface area contributed by atoms with Gasteiger partial charge in [-0.05, 0) is 74.9 Å². The number of furan rings is 1. The normalized spacial score (nSPS) is 12.1. The third kappa shape index (κ3) is 5.35. The van der Waals surface area contributed by atoms with Crippen molar-refractivity contribution in [2.75, 3.05) is 24.7 Å². The summed E-state index contributed by atoms with van der Waals surface area (Å²) in [6, 6.07) is 15.9. The standard InChI is InChI=1S/C31H30FN3O6S/c1-31(2,3)41-30(37)35-14-13-20-15-19(9-12-24(20)35)22-16-23-26(17-25(22)34(5)42(6,38)39)40-28(27(23)29(36)33-4)18-7-10-21(32)11-8-18/h7-17H,1-6H3,(H,33,36). The zero-order valence-electron chi connectivity index (χ0n) is 24.0. The van der Waals surface area contributed by atoms with E-state index in [1.165, 1.54) is 42.9 Å². The summed E-state index contributed by atoms with van der Waals surface area (Å²) in [7, 11) is -0.775. The lowest BCUT2D eigenvalue weighted by Gasteiger charge is -2.21. The van der Waals surface area contributed by atoms with E-state index >= 15 is 0 Å². The maximum absolute atomic E-state index is 13.7. The minimum Gasteiger partial charge on any atom is -0.455 e. The molecule has 0 aliphatic carbocycles. The highest BCUT2D eigenvalue weighted by atomic mass is 32.2. The average molecular weight is 592 g/mol. The number of anilines is 1. The number of ether oxygens (including phenoxy) is 1. The molecule has 0 atom stereocenters. The molecule has 5 aromatic rings. The Balaban J connectivity index is 1.75. The van der Waals surface area contributed by atoms with E-state index in [0.717, 1.165) is 15.9 Å². The van der Waals surface area contributed by atoms with Crippen molar-refractivity contribution in [2.24, 2.45) is 0 Å². The van der Waals surface area contributed by atoms with Gasteiger partial charge in [0.25, 0.3) is 5.91 Å². The Morgan fingerprint density at radius 2 is 1.67 bits per heavy atom. The number of hydrogen-bond acceptors (Lipinski definition) is 6. The number of fused-ring (bicyclic) bond motifs is 2. The molecule has 9 nitrogen and oxygen atoms in total. The van der Waals surface area contributed by atoms with Gasteiger partial charge >= 0.3 is 6.09 Å². The molecule has 0 saturated heterocycles. The van der Waals surface area contributed by atoms with Crippen LogP contribution >= 0.6 is 0 Å². The number of hydrogen-bond donors (Lipinski definition) is 1. The number of carbonyl (C=O) groups is 2. The van der Waals surface area contributed by atoms with Gasteiger partial charge in [0.15, 0.2) is 0 Å². The highest BCUT2D eigenvalue weighted by Gasteiger charge is 2.26. The fourth-order valence-electron chi connectivity index (χ4n) is 4.74. The summed E-state index contributed by atoms with van der Waals surface area (Å²) in [6.45, 7) is 5.36. The van der Waals surface area contributed by atoms with Crippen LogP contribution in [0.5, 0.6) is 0 Å². The van der Waals surface area contributed by atoms with Crippen LogP contribution < -0.4 is 9.62 Å². The minimum atomic E-state index is -3.70. The van der Waals surface area contributed by atoms with Gasteiger partial charge in [0, 0.05) is 48.3 Å². The van der Waals surface area contributed by atoms with Crippen LogP contribution in [0, 0.1) is 5.82 Å². The molecule has 0 fully saturated rings. The molecule has 3 aromatic carbocycles. The third-order valence-electron chi connectivity index (χ3n) is 6.80. The number of benzene rings is 3. The molecule has 218 valence electrons. The summed E-state index contributed by atoms with van der Waals surface area (Å²) in [4.78, 5) is 25.9. The van der Waals surface area contributed by atoms with Crippen LogP contribution in [0.4, 0.5) is 14.9 Å². The lowest BCUT2D eigenvalue weighted by molar-refractivity contribution is 0.0544. The molecule has 0 aliphatic heterocycles. The molecule has 0 spiro atoms. The highest BCUT2D eigenvalue weighted by molar-refractivity contribution is 7.92. The van der Waals surface area contributed by atoms with Crippen molar-refractivity contribution in [3.05, 3.63) is 78.2 Å². The van der Waals surface area contributed by atoms with Gasteiger partial charge < -0.3 is 14.5 Å². The van der Waals surface area contributed by atoms with Gasteiger partial charge in [-0.1, -0.05) is 6.07 Å². The first kappa shape index (κ1) is 28.9. The van der Waals surface area contributed by atoms with E-state index in [1.54, 1.807) is 57.3 Å². The van der Waals surface area contributed by atoms with Crippen molar-refractivity contribution in [3.8, 4) is 22.5 Å². The van der Waals surface area contributed by atoms with Gasteiger partial charge in [-0.25, -0.2) is 17.6 Å². The number of halogens is 1. The number of rotatable bonds is 5. The largest absolute Gasteiger partial charge is 0.455 e. The van der Waals surface area contributed by atoms with E-state index in [0.29, 0.717) is 33.3 Å². The van der Waals surface area contributed by atoms with Crippen molar-refractivity contribution in [1.29, 1.82) is 0 Å². The van der Waals surface area contributed by atoms with Crippen LogP contribution in [0.25, 0.3) is 44.3 Å². The van der Waals surface area contributed by atoms with E-state index in [2.05, 4.69) is 5.32 Å². The van der Waals surface area contributed by atoms with Crippen LogP contribution in [-0.2, 0) is 14.8 Å². The summed E-state index contributed by atoms with van der Waals surface area (Å²) in [6.07, 6.45) is 2.18. The Labute approximate surface area is 242 Å². The SMILES string of the molecule is CNC(=O)c1c(-c2ccc(F)cc2)oc2cc(N(C)S(C)(=O)=O)c(-c3ccc4c(ccn4C(=O)OC(C)(C)C)c3)cc12. The van der Waals surface area contributed by atoms with Crippen molar-refractivity contribution in [2.45, 2.75) is 26.4 Å². The number of carbonyl (C=O) groups excluding carboxylic acids is 2. The quantitative estimate of drug-likeness (QED) is 0.253. The van der Waals surface area contributed by atoms with Gasteiger partial charge in [0.1, 0.15) is 22.8 Å². The molecule has 11 heteroatoms. The molecule has 42 heavy (non-hydrogen) atoms. The van der Waals surface area contributed by atoms with Crippen molar-refractivity contribution >= 4 is 49.6 Å². The Kier molecular flexibility index (Phi) is 7.10. The van der Waals surface area contributed by atoms with Crippen molar-refractivity contribution < 1.29 is 31.6 Å². The summed E-state index contributed by atoms with van der Waals surface area (Å²) in [5, 5.41) is 3.79. The molecule has 0 unspecified atom stereocenters. The Hall–Kier alpha value is -4.64. The maximum Gasteiger partial charge on any atom is 0.418 e. The summed E-state index contributed by atoms with van der Waals surface area (Å²) in [5.41, 5.74) is 2.40. The number of aromatic nitrogens is 1. The second-order valence-corrected chi connectivity index (χ2v) is 12.9. The summed E-state index contributed by atoms with van der Waals surface area (Å²) >= 11 is 0. The Morgan fingerprint density at radius 1 is 1.00 bits per heavy atom. The van der Waals surface area contributed by atoms with Crippen molar-refractivity contribution in [1.82, 2.24) is 9.88 Å². The lowest BCUT2D eigenvalue weighted by Crippen LogP contribution is -2.26. The van der Waals surface area contributed by atoms with E-state index in [4.69, 9.17) is 9.15 Å². The van der Waals surface area contributed by atoms with E-state index in [9.17, 15) is 22.4 Å². The number of amides is 1. The molecule has 0 saturated carbocycles. The van der Waals surface area contributed by atoms with Gasteiger partial charge in [-0.3, -0.25) is 13.7 Å². The van der Waals surface area contributed by atoms with Crippen molar-refractivity contribution in [3.63, 3.8) is 0 Å². The second-order valence-electron chi connectivity index (χ2n) is 10.9. The molecule has 0 bridgehead atoms. The predicted molar refractivity (Wildman–Crippen MR) is 161 cm³/mol. The topological polar surface area (TPSA) is 111 Å². The second kappa shape index (κ2) is 10.3. The summed E-state index contributed by atoms with van der Waals surface area (Å²) in [5.74, 6) is -0.640. The first-order chi connectivity index (χ1) is 19.7.